The largest absolute Gasteiger partial charge is 0.293 e. The van der Waals surface area contributed by atoms with E-state index >= 15 is 0 Å². The Kier molecular flexibility index (Phi) is 7.29. The Labute approximate surface area is 176 Å². The average molecular weight is 411 g/mol. The van der Waals surface area contributed by atoms with Crippen LogP contribution in [0, 0.1) is 5.82 Å². The molecule has 152 valence electrons. The van der Waals surface area contributed by atoms with Gasteiger partial charge in [-0.15, -0.1) is 13.2 Å². The van der Waals surface area contributed by atoms with Crippen molar-refractivity contribution in [3.05, 3.63) is 78.8 Å². The smallest absolute Gasteiger partial charge is 0.179 e. The summed E-state index contributed by atoms with van der Waals surface area (Å²) in [4.78, 5) is 15.2. The normalized spacial score (nSPS) is 16.2. The minimum absolute atomic E-state index is 0.0926. The lowest BCUT2D eigenvalue weighted by Crippen LogP contribution is -2.45. The molecule has 3 nitrogen and oxygen atoms in total. The molecule has 0 bridgehead atoms. The van der Waals surface area contributed by atoms with Crippen molar-refractivity contribution in [1.29, 1.82) is 0 Å². The predicted octanol–water partition coefficient (Wildman–Crippen LogP) is 6.08. The molecule has 0 spiro atoms. The molecule has 0 saturated carbocycles. The highest BCUT2D eigenvalue weighted by atomic mass is 32.1. The van der Waals surface area contributed by atoms with Gasteiger partial charge < -0.3 is 0 Å². The predicted molar refractivity (Wildman–Crippen MR) is 119 cm³/mol. The number of ketones is 1. The minimum Gasteiger partial charge on any atom is -0.293 e. The first-order valence-corrected chi connectivity index (χ1v) is 10.8. The highest BCUT2D eigenvalue weighted by Gasteiger charge is 2.31. The van der Waals surface area contributed by atoms with Crippen LogP contribution in [0.3, 0.4) is 0 Å². The van der Waals surface area contributed by atoms with E-state index in [-0.39, 0.29) is 17.6 Å². The van der Waals surface area contributed by atoms with Gasteiger partial charge in [-0.2, -0.15) is 4.37 Å². The van der Waals surface area contributed by atoms with Crippen LogP contribution >= 0.6 is 11.5 Å². The van der Waals surface area contributed by atoms with Crippen LogP contribution in [0.1, 0.15) is 48.2 Å². The summed E-state index contributed by atoms with van der Waals surface area (Å²) in [6.45, 7) is 9.83. The topological polar surface area (TPSA) is 33.2 Å². The maximum atomic E-state index is 13.1. The fourth-order valence-corrected chi connectivity index (χ4v) is 4.95. The number of hydrogen-bond acceptors (Lipinski definition) is 4. The van der Waals surface area contributed by atoms with E-state index in [9.17, 15) is 9.18 Å². The number of Topliss-reactive ketones (excluding diaryl/α,β-unsaturated/α-hetero) is 1. The number of nitrogens with zero attached hydrogens (tertiary/aromatic N) is 2. The Morgan fingerprint density at radius 2 is 1.83 bits per heavy atom. The fourth-order valence-electron chi connectivity index (χ4n) is 4.10. The number of rotatable bonds is 5. The molecule has 1 unspecified atom stereocenters. The third-order valence-electron chi connectivity index (χ3n) is 5.58. The first kappa shape index (κ1) is 21.3. The van der Waals surface area contributed by atoms with Crippen LogP contribution in [-0.2, 0) is 0 Å². The number of carbonyl (C=O) groups excluding carboxylic acids is 1. The van der Waals surface area contributed by atoms with E-state index in [1.165, 1.54) is 27.9 Å². The van der Waals surface area contributed by atoms with Crippen LogP contribution in [0.5, 0.6) is 0 Å². The SMILES string of the molecule is C=C.CCC(C(=O)c1ccc(F)cc1)N1CCC(c2nsc3ccccc23)CC1. The molecule has 3 aromatic rings. The van der Waals surface area contributed by atoms with E-state index in [0.717, 1.165) is 32.4 Å². The van der Waals surface area contributed by atoms with Gasteiger partial charge in [0.05, 0.1) is 16.4 Å². The molecule has 1 fully saturated rings. The van der Waals surface area contributed by atoms with E-state index in [1.54, 1.807) is 23.7 Å². The van der Waals surface area contributed by atoms with Crippen LogP contribution in [0.25, 0.3) is 10.1 Å². The summed E-state index contributed by atoms with van der Waals surface area (Å²) in [5, 5.41) is 1.27. The van der Waals surface area contributed by atoms with Crippen molar-refractivity contribution in [1.82, 2.24) is 9.27 Å². The van der Waals surface area contributed by atoms with E-state index < -0.39 is 0 Å². The number of aromatic nitrogens is 1. The monoisotopic (exact) mass is 410 g/mol. The summed E-state index contributed by atoms with van der Waals surface area (Å²) in [7, 11) is 0. The second kappa shape index (κ2) is 9.90. The summed E-state index contributed by atoms with van der Waals surface area (Å²) in [6, 6.07) is 14.2. The fraction of sp³-hybridized carbons (Fsp3) is 0.333. The first-order valence-electron chi connectivity index (χ1n) is 10.1. The van der Waals surface area contributed by atoms with E-state index in [4.69, 9.17) is 4.37 Å². The van der Waals surface area contributed by atoms with Gasteiger partial charge in [0.1, 0.15) is 5.82 Å². The maximum Gasteiger partial charge on any atom is 0.179 e. The lowest BCUT2D eigenvalue weighted by Gasteiger charge is -2.36. The molecule has 29 heavy (non-hydrogen) atoms. The highest BCUT2D eigenvalue weighted by Crippen LogP contribution is 2.35. The van der Waals surface area contributed by atoms with Gasteiger partial charge in [0, 0.05) is 16.9 Å². The van der Waals surface area contributed by atoms with Crippen LogP contribution in [-0.4, -0.2) is 34.2 Å². The zero-order chi connectivity index (χ0) is 20.8. The van der Waals surface area contributed by atoms with Gasteiger partial charge in [-0.05, 0) is 74.2 Å². The van der Waals surface area contributed by atoms with E-state index in [1.807, 2.05) is 6.92 Å². The Hall–Kier alpha value is -2.37. The Bertz CT molecular complexity index is 945. The molecule has 5 heteroatoms. The second-order valence-electron chi connectivity index (χ2n) is 7.17. The number of piperidine rings is 1. The van der Waals surface area contributed by atoms with Gasteiger partial charge in [0.15, 0.2) is 5.78 Å². The highest BCUT2D eigenvalue weighted by molar-refractivity contribution is 7.13. The molecule has 0 N–H and O–H groups in total. The molecule has 4 rings (SSSR count). The van der Waals surface area contributed by atoms with Crippen LogP contribution < -0.4 is 0 Å². The van der Waals surface area contributed by atoms with Crippen molar-refractivity contribution in [2.45, 2.75) is 38.1 Å². The molecule has 1 aromatic heterocycles. The molecule has 1 aliphatic rings. The standard InChI is InChI=1S/C22H23FN2OS.C2H4/c1-2-19(22(26)16-7-9-17(23)10-8-16)25-13-11-15(12-14-25)21-18-5-3-4-6-20(18)27-24-21;1-2/h3-10,15,19H,2,11-14H2,1H3;1-2H2. The molecular formula is C24H27FN2OS. The summed E-state index contributed by atoms with van der Waals surface area (Å²) >= 11 is 1.57. The van der Waals surface area contributed by atoms with Gasteiger partial charge in [-0.25, -0.2) is 4.39 Å². The summed E-state index contributed by atoms with van der Waals surface area (Å²) in [5.74, 6) is 0.238. The number of carbonyl (C=O) groups is 1. The maximum absolute atomic E-state index is 13.1. The Balaban J connectivity index is 0.00000117. The zero-order valence-electron chi connectivity index (χ0n) is 16.8. The van der Waals surface area contributed by atoms with Gasteiger partial charge in [-0.3, -0.25) is 9.69 Å². The molecule has 2 aromatic carbocycles. The summed E-state index contributed by atoms with van der Waals surface area (Å²) in [5.41, 5.74) is 1.81. The van der Waals surface area contributed by atoms with E-state index in [2.05, 4.69) is 42.3 Å². The number of halogens is 1. The number of benzene rings is 2. The van der Waals surface area contributed by atoms with Crippen molar-refractivity contribution in [2.75, 3.05) is 13.1 Å². The van der Waals surface area contributed by atoms with E-state index in [0.29, 0.717) is 11.5 Å². The zero-order valence-corrected chi connectivity index (χ0v) is 17.6. The Morgan fingerprint density at radius 1 is 1.17 bits per heavy atom. The van der Waals surface area contributed by atoms with Gasteiger partial charge >= 0.3 is 0 Å². The molecule has 0 aliphatic carbocycles. The summed E-state index contributed by atoms with van der Waals surface area (Å²) < 4.78 is 19.1. The first-order chi connectivity index (χ1) is 14.2. The molecular weight excluding hydrogens is 383 g/mol. The van der Waals surface area contributed by atoms with Crippen LogP contribution in [0.4, 0.5) is 4.39 Å². The lowest BCUT2D eigenvalue weighted by atomic mass is 9.89. The van der Waals surface area contributed by atoms with Crippen LogP contribution in [0.2, 0.25) is 0 Å². The molecule has 0 amide bonds. The van der Waals surface area contributed by atoms with Crippen molar-refractivity contribution >= 4 is 27.4 Å². The minimum atomic E-state index is -0.309. The average Bonchev–Trinajstić information content (AvgIpc) is 3.21. The molecule has 1 atom stereocenters. The molecule has 1 aliphatic heterocycles. The Morgan fingerprint density at radius 3 is 2.48 bits per heavy atom. The van der Waals surface area contributed by atoms with Crippen LogP contribution in [0.15, 0.2) is 61.7 Å². The van der Waals surface area contributed by atoms with Gasteiger partial charge in [0.25, 0.3) is 0 Å². The number of fused-ring (bicyclic) bond motifs is 1. The van der Waals surface area contributed by atoms with Crippen molar-refractivity contribution in [3.63, 3.8) is 0 Å². The number of hydrogen-bond donors (Lipinski definition) is 0. The third kappa shape index (κ3) is 4.62. The van der Waals surface area contributed by atoms with Gasteiger partial charge in [-0.1, -0.05) is 25.1 Å². The second-order valence-corrected chi connectivity index (χ2v) is 7.97. The number of likely N-dealkylation sites (tertiary alicyclic amines) is 1. The van der Waals surface area contributed by atoms with Crippen molar-refractivity contribution < 1.29 is 9.18 Å². The molecule has 2 heterocycles. The van der Waals surface area contributed by atoms with Gasteiger partial charge in [0.2, 0.25) is 0 Å². The van der Waals surface area contributed by atoms with Crippen molar-refractivity contribution in [3.8, 4) is 0 Å². The molecule has 0 radical (unpaired) electrons. The lowest BCUT2D eigenvalue weighted by molar-refractivity contribution is 0.0762. The molecule has 1 saturated heterocycles. The quantitative estimate of drug-likeness (QED) is 0.378. The third-order valence-corrected chi connectivity index (χ3v) is 6.42. The van der Waals surface area contributed by atoms with Crippen molar-refractivity contribution in [2.24, 2.45) is 0 Å². The summed E-state index contributed by atoms with van der Waals surface area (Å²) in [6.07, 6.45) is 2.79.